The first-order valence-corrected chi connectivity index (χ1v) is 7.36. The summed E-state index contributed by atoms with van der Waals surface area (Å²) in [6.07, 6.45) is 0.415. The second kappa shape index (κ2) is 7.53. The van der Waals surface area contributed by atoms with Crippen LogP contribution in [0.25, 0.3) is 0 Å². The van der Waals surface area contributed by atoms with Crippen molar-refractivity contribution in [1.29, 1.82) is 0 Å². The van der Waals surface area contributed by atoms with Crippen molar-refractivity contribution < 1.29 is 24.3 Å². The number of hydrogen-bond donors (Lipinski definition) is 2. The van der Waals surface area contributed by atoms with Gasteiger partial charge in [-0.1, -0.05) is 30.3 Å². The van der Waals surface area contributed by atoms with E-state index in [9.17, 15) is 24.3 Å². The molecule has 1 saturated heterocycles. The molecule has 1 aliphatic heterocycles. The van der Waals surface area contributed by atoms with Crippen molar-refractivity contribution in [3.8, 4) is 0 Å². The Morgan fingerprint density at radius 3 is 2.30 bits per heavy atom. The van der Waals surface area contributed by atoms with Gasteiger partial charge in [-0.15, -0.1) is 0 Å². The summed E-state index contributed by atoms with van der Waals surface area (Å²) in [6, 6.07) is 7.92. The van der Waals surface area contributed by atoms with Crippen LogP contribution in [0.3, 0.4) is 0 Å². The van der Waals surface area contributed by atoms with Crippen LogP contribution in [0.15, 0.2) is 30.3 Å². The fourth-order valence-electron chi connectivity index (χ4n) is 2.40. The van der Waals surface area contributed by atoms with Crippen LogP contribution in [0, 0.1) is 0 Å². The highest BCUT2D eigenvalue weighted by Gasteiger charge is 2.29. The van der Waals surface area contributed by atoms with E-state index in [0.29, 0.717) is 0 Å². The molecule has 1 aliphatic rings. The van der Waals surface area contributed by atoms with Gasteiger partial charge in [0, 0.05) is 32.2 Å². The third-order valence-electron chi connectivity index (χ3n) is 3.63. The molecule has 0 saturated carbocycles. The number of aliphatic carboxylic acids is 1. The smallest absolute Gasteiger partial charge is 0.326 e. The molecule has 122 valence electrons. The predicted octanol–water partition coefficient (Wildman–Crippen LogP) is 0.338. The normalized spacial score (nSPS) is 15.6. The number of likely N-dealkylation sites (tertiary alicyclic amines) is 1. The maximum absolute atomic E-state index is 11.9. The molecule has 2 rings (SSSR count). The molecule has 3 amide bonds. The van der Waals surface area contributed by atoms with Crippen molar-refractivity contribution in [1.82, 2.24) is 10.2 Å². The second-order valence-electron chi connectivity index (χ2n) is 5.34. The summed E-state index contributed by atoms with van der Waals surface area (Å²) in [5, 5.41) is 11.6. The maximum atomic E-state index is 11.9. The van der Waals surface area contributed by atoms with Crippen LogP contribution in [0.2, 0.25) is 0 Å². The van der Waals surface area contributed by atoms with Crippen LogP contribution in [0.1, 0.15) is 24.8 Å². The van der Waals surface area contributed by atoms with Gasteiger partial charge in [-0.25, -0.2) is 4.79 Å². The predicted molar refractivity (Wildman–Crippen MR) is 80.3 cm³/mol. The van der Waals surface area contributed by atoms with E-state index in [-0.39, 0.29) is 44.0 Å². The van der Waals surface area contributed by atoms with Gasteiger partial charge in [0.05, 0.1) is 0 Å². The first kappa shape index (κ1) is 16.7. The number of carboxylic acids is 1. The number of benzene rings is 1. The van der Waals surface area contributed by atoms with E-state index in [1.165, 1.54) is 0 Å². The Morgan fingerprint density at radius 1 is 1.13 bits per heavy atom. The van der Waals surface area contributed by atoms with Gasteiger partial charge < -0.3 is 10.4 Å². The second-order valence-corrected chi connectivity index (χ2v) is 5.34. The quantitative estimate of drug-likeness (QED) is 0.705. The Hall–Kier alpha value is -2.70. The number of nitrogens with one attached hydrogen (secondary N) is 1. The van der Waals surface area contributed by atoms with E-state index in [1.54, 1.807) is 24.3 Å². The van der Waals surface area contributed by atoms with Crippen molar-refractivity contribution in [2.45, 2.75) is 31.7 Å². The van der Waals surface area contributed by atoms with Gasteiger partial charge in [0.25, 0.3) is 0 Å². The van der Waals surface area contributed by atoms with Gasteiger partial charge in [0.2, 0.25) is 17.7 Å². The summed E-state index contributed by atoms with van der Waals surface area (Å²) in [4.78, 5) is 47.1. The number of nitrogens with zero attached hydrogens (tertiary/aromatic N) is 1. The summed E-state index contributed by atoms with van der Waals surface area (Å²) in [5.74, 6) is -2.21. The highest BCUT2D eigenvalue weighted by molar-refractivity contribution is 6.02. The van der Waals surface area contributed by atoms with E-state index in [0.717, 1.165) is 10.5 Å². The topological polar surface area (TPSA) is 104 Å². The maximum Gasteiger partial charge on any atom is 0.326 e. The average Bonchev–Trinajstić information content (AvgIpc) is 2.84. The molecular formula is C16H18N2O5. The Kier molecular flexibility index (Phi) is 5.46. The van der Waals surface area contributed by atoms with Crippen LogP contribution >= 0.6 is 0 Å². The minimum absolute atomic E-state index is 0.0127. The van der Waals surface area contributed by atoms with Gasteiger partial charge in [-0.2, -0.15) is 0 Å². The molecule has 0 bridgehead atoms. The number of carbonyl (C=O) groups excluding carboxylic acids is 3. The molecule has 1 atom stereocenters. The number of carboxylic acid groups (broad SMARTS) is 1. The largest absolute Gasteiger partial charge is 0.480 e. The summed E-state index contributed by atoms with van der Waals surface area (Å²) < 4.78 is 0. The lowest BCUT2D eigenvalue weighted by molar-refractivity contribution is -0.143. The fraction of sp³-hybridized carbons (Fsp3) is 0.375. The number of hydrogen-bond acceptors (Lipinski definition) is 4. The first-order valence-electron chi connectivity index (χ1n) is 7.36. The monoisotopic (exact) mass is 318 g/mol. The molecule has 1 aromatic rings. The lowest BCUT2D eigenvalue weighted by atomic mass is 10.1. The highest BCUT2D eigenvalue weighted by Crippen LogP contribution is 2.12. The van der Waals surface area contributed by atoms with Crippen molar-refractivity contribution in [3.05, 3.63) is 35.9 Å². The molecule has 23 heavy (non-hydrogen) atoms. The zero-order valence-electron chi connectivity index (χ0n) is 12.5. The van der Waals surface area contributed by atoms with Gasteiger partial charge in [-0.3, -0.25) is 19.3 Å². The third kappa shape index (κ3) is 4.64. The third-order valence-corrected chi connectivity index (χ3v) is 3.63. The lowest BCUT2D eigenvalue weighted by Crippen LogP contribution is -2.43. The molecule has 0 unspecified atom stereocenters. The van der Waals surface area contributed by atoms with Gasteiger partial charge >= 0.3 is 5.97 Å². The van der Waals surface area contributed by atoms with Gasteiger partial charge in [0.1, 0.15) is 6.04 Å². The Balaban J connectivity index is 1.87. The molecule has 0 aliphatic carbocycles. The van der Waals surface area contributed by atoms with Crippen LogP contribution in [0.4, 0.5) is 0 Å². The Labute approximate surface area is 133 Å². The number of carbonyl (C=O) groups is 4. The van der Waals surface area contributed by atoms with Gasteiger partial charge in [-0.05, 0) is 5.56 Å². The van der Waals surface area contributed by atoms with Crippen LogP contribution in [-0.4, -0.2) is 46.3 Å². The number of amides is 3. The van der Waals surface area contributed by atoms with Crippen LogP contribution in [-0.2, 0) is 25.6 Å². The zero-order chi connectivity index (χ0) is 16.8. The molecule has 1 heterocycles. The van der Waals surface area contributed by atoms with E-state index in [4.69, 9.17) is 0 Å². The Morgan fingerprint density at radius 2 is 1.74 bits per heavy atom. The number of rotatable bonds is 7. The molecule has 0 spiro atoms. The van der Waals surface area contributed by atoms with Crippen molar-refractivity contribution in [2.24, 2.45) is 0 Å². The van der Waals surface area contributed by atoms with Crippen LogP contribution in [0.5, 0.6) is 0 Å². The summed E-state index contributed by atoms with van der Waals surface area (Å²) in [5.41, 5.74) is 0.796. The van der Waals surface area contributed by atoms with Crippen molar-refractivity contribution >= 4 is 23.7 Å². The van der Waals surface area contributed by atoms with Crippen LogP contribution < -0.4 is 5.32 Å². The standard InChI is InChI=1S/C16H18N2O5/c19-13(8-9-18-14(20)6-7-15(18)21)17-12(16(22)23)10-11-4-2-1-3-5-11/h1-5,12H,6-10H2,(H,17,19)(H,22,23)/t12-/m0/s1. The van der Waals surface area contributed by atoms with Crippen molar-refractivity contribution in [2.75, 3.05) is 6.54 Å². The summed E-state index contributed by atoms with van der Waals surface area (Å²) in [6.45, 7) is -0.0127. The molecule has 7 nitrogen and oxygen atoms in total. The molecule has 2 N–H and O–H groups in total. The van der Waals surface area contributed by atoms with Crippen molar-refractivity contribution in [3.63, 3.8) is 0 Å². The minimum Gasteiger partial charge on any atom is -0.480 e. The molecular weight excluding hydrogens is 300 g/mol. The van der Waals surface area contributed by atoms with E-state index < -0.39 is 17.9 Å². The molecule has 1 aromatic carbocycles. The summed E-state index contributed by atoms with van der Waals surface area (Å²) >= 11 is 0. The summed E-state index contributed by atoms with van der Waals surface area (Å²) in [7, 11) is 0. The first-order chi connectivity index (χ1) is 11.0. The molecule has 1 fully saturated rings. The van der Waals surface area contributed by atoms with E-state index >= 15 is 0 Å². The SMILES string of the molecule is O=C(CCN1C(=O)CCC1=O)N[C@@H](Cc1ccccc1)C(=O)O. The minimum atomic E-state index is -1.13. The average molecular weight is 318 g/mol. The molecule has 0 radical (unpaired) electrons. The van der Waals surface area contributed by atoms with E-state index in [1.807, 2.05) is 6.07 Å². The Bertz CT molecular complexity index is 598. The lowest BCUT2D eigenvalue weighted by Gasteiger charge is -2.17. The molecule has 0 aromatic heterocycles. The fourth-order valence-corrected chi connectivity index (χ4v) is 2.40. The number of imide groups is 1. The molecule has 7 heteroatoms. The van der Waals surface area contributed by atoms with Gasteiger partial charge in [0.15, 0.2) is 0 Å². The highest BCUT2D eigenvalue weighted by atomic mass is 16.4. The van der Waals surface area contributed by atoms with E-state index in [2.05, 4.69) is 5.32 Å². The zero-order valence-corrected chi connectivity index (χ0v) is 12.5.